The van der Waals surface area contributed by atoms with Gasteiger partial charge in [0.15, 0.2) is 21.3 Å². The van der Waals surface area contributed by atoms with Crippen molar-refractivity contribution in [1.29, 1.82) is 0 Å². The highest BCUT2D eigenvalue weighted by atomic mass is 79.9. The minimum absolute atomic E-state index is 0.0303. The SMILES string of the molecule is CCCS(=O)(=O)CCOc1cc(CBr)ccc1OC. The van der Waals surface area contributed by atoms with Crippen LogP contribution in [0.3, 0.4) is 0 Å². The van der Waals surface area contributed by atoms with Crippen molar-refractivity contribution in [1.82, 2.24) is 0 Å². The van der Waals surface area contributed by atoms with E-state index in [-0.39, 0.29) is 18.1 Å². The highest BCUT2D eigenvalue weighted by molar-refractivity contribution is 9.08. The summed E-state index contributed by atoms with van der Waals surface area (Å²) in [7, 11) is -1.45. The van der Waals surface area contributed by atoms with Crippen molar-refractivity contribution in [2.75, 3.05) is 25.2 Å². The van der Waals surface area contributed by atoms with Crippen LogP contribution in [-0.4, -0.2) is 33.6 Å². The standard InChI is InChI=1S/C13H19BrO4S/c1-3-7-19(15,16)8-6-18-13-9-11(10-14)4-5-12(13)17-2/h4-5,9H,3,6-8,10H2,1-2H3. The van der Waals surface area contributed by atoms with E-state index < -0.39 is 9.84 Å². The van der Waals surface area contributed by atoms with E-state index in [4.69, 9.17) is 9.47 Å². The Morgan fingerprint density at radius 1 is 1.21 bits per heavy atom. The van der Waals surface area contributed by atoms with Gasteiger partial charge in [-0.3, -0.25) is 0 Å². The molecule has 0 unspecified atom stereocenters. The van der Waals surface area contributed by atoms with E-state index in [0.717, 1.165) is 5.56 Å². The van der Waals surface area contributed by atoms with Gasteiger partial charge in [0.25, 0.3) is 0 Å². The molecule has 6 heteroatoms. The third-order valence-corrected chi connectivity index (χ3v) is 5.02. The summed E-state index contributed by atoms with van der Waals surface area (Å²) in [6, 6.07) is 5.58. The van der Waals surface area contributed by atoms with Crippen LogP contribution in [0.25, 0.3) is 0 Å². The van der Waals surface area contributed by atoms with Crippen LogP contribution in [-0.2, 0) is 15.2 Å². The molecule has 0 N–H and O–H groups in total. The molecule has 1 aromatic carbocycles. The van der Waals surface area contributed by atoms with Crippen molar-refractivity contribution in [3.05, 3.63) is 23.8 Å². The molecule has 0 spiro atoms. The van der Waals surface area contributed by atoms with Gasteiger partial charge in [0, 0.05) is 5.33 Å². The molecule has 0 fully saturated rings. The van der Waals surface area contributed by atoms with E-state index in [2.05, 4.69) is 15.9 Å². The lowest BCUT2D eigenvalue weighted by molar-refractivity contribution is 0.311. The van der Waals surface area contributed by atoms with E-state index in [1.807, 2.05) is 25.1 Å². The fourth-order valence-electron chi connectivity index (χ4n) is 1.61. The number of hydrogen-bond acceptors (Lipinski definition) is 4. The zero-order valence-electron chi connectivity index (χ0n) is 11.2. The molecule has 108 valence electrons. The van der Waals surface area contributed by atoms with Crippen molar-refractivity contribution in [3.8, 4) is 11.5 Å². The van der Waals surface area contributed by atoms with Gasteiger partial charge in [-0.05, 0) is 24.1 Å². The number of benzene rings is 1. The second-order valence-electron chi connectivity index (χ2n) is 4.12. The number of alkyl halides is 1. The van der Waals surface area contributed by atoms with Gasteiger partial charge in [0.05, 0.1) is 18.6 Å². The molecule has 1 rings (SSSR count). The molecule has 0 radical (unpaired) electrons. The molecule has 0 aliphatic heterocycles. The Kier molecular flexibility index (Phi) is 6.65. The van der Waals surface area contributed by atoms with E-state index in [1.54, 1.807) is 7.11 Å². The Hall–Kier alpha value is -0.750. The summed E-state index contributed by atoms with van der Waals surface area (Å²) >= 11 is 3.37. The second-order valence-corrected chi connectivity index (χ2v) is 6.98. The summed E-state index contributed by atoms with van der Waals surface area (Å²) in [5.74, 6) is 1.42. The molecule has 0 saturated heterocycles. The normalized spacial score (nSPS) is 11.3. The Morgan fingerprint density at radius 2 is 1.95 bits per heavy atom. The predicted molar refractivity (Wildman–Crippen MR) is 80.1 cm³/mol. The van der Waals surface area contributed by atoms with Gasteiger partial charge in [0.1, 0.15) is 6.61 Å². The molecule has 4 nitrogen and oxygen atoms in total. The van der Waals surface area contributed by atoms with Crippen molar-refractivity contribution >= 4 is 25.8 Å². The van der Waals surface area contributed by atoms with Gasteiger partial charge >= 0.3 is 0 Å². The zero-order chi connectivity index (χ0) is 14.3. The highest BCUT2D eigenvalue weighted by Gasteiger charge is 2.11. The number of hydrogen-bond donors (Lipinski definition) is 0. The topological polar surface area (TPSA) is 52.6 Å². The predicted octanol–water partition coefficient (Wildman–Crippen LogP) is 2.79. The summed E-state index contributed by atoms with van der Waals surface area (Å²) in [5, 5.41) is 0.710. The number of halogens is 1. The summed E-state index contributed by atoms with van der Waals surface area (Å²) in [6.07, 6.45) is 0.630. The zero-order valence-corrected chi connectivity index (χ0v) is 13.6. The second kappa shape index (κ2) is 7.75. The molecule has 0 saturated carbocycles. The van der Waals surface area contributed by atoms with Gasteiger partial charge in [-0.1, -0.05) is 28.9 Å². The minimum Gasteiger partial charge on any atom is -0.493 e. The van der Waals surface area contributed by atoms with Crippen LogP contribution in [0.1, 0.15) is 18.9 Å². The largest absolute Gasteiger partial charge is 0.493 e. The smallest absolute Gasteiger partial charge is 0.161 e. The quantitative estimate of drug-likeness (QED) is 0.676. The number of sulfone groups is 1. The van der Waals surface area contributed by atoms with Crippen LogP contribution >= 0.6 is 15.9 Å². The summed E-state index contributed by atoms with van der Waals surface area (Å²) in [4.78, 5) is 0. The molecular formula is C13H19BrO4S. The summed E-state index contributed by atoms with van der Waals surface area (Å²) in [6.45, 7) is 1.99. The fraction of sp³-hybridized carbons (Fsp3) is 0.538. The van der Waals surface area contributed by atoms with Crippen molar-refractivity contribution in [3.63, 3.8) is 0 Å². The summed E-state index contributed by atoms with van der Waals surface area (Å²) in [5.41, 5.74) is 1.05. The van der Waals surface area contributed by atoms with Crippen molar-refractivity contribution in [2.45, 2.75) is 18.7 Å². The van der Waals surface area contributed by atoms with Crippen LogP contribution in [0.15, 0.2) is 18.2 Å². The lowest BCUT2D eigenvalue weighted by Gasteiger charge is -2.11. The van der Waals surface area contributed by atoms with Gasteiger partial charge in [-0.25, -0.2) is 8.42 Å². The molecule has 0 heterocycles. The Labute approximate surface area is 123 Å². The van der Waals surface area contributed by atoms with Gasteiger partial charge < -0.3 is 9.47 Å². The maximum absolute atomic E-state index is 11.6. The molecule has 0 atom stereocenters. The summed E-state index contributed by atoms with van der Waals surface area (Å²) < 4.78 is 33.9. The molecule has 19 heavy (non-hydrogen) atoms. The molecule has 0 aliphatic rings. The minimum atomic E-state index is -3.01. The van der Waals surface area contributed by atoms with E-state index >= 15 is 0 Å². The van der Waals surface area contributed by atoms with E-state index in [0.29, 0.717) is 23.2 Å². The van der Waals surface area contributed by atoms with Crippen molar-refractivity contribution < 1.29 is 17.9 Å². The van der Waals surface area contributed by atoms with Gasteiger partial charge in [0.2, 0.25) is 0 Å². The van der Waals surface area contributed by atoms with Gasteiger partial charge in [-0.2, -0.15) is 0 Å². The molecular weight excluding hydrogens is 332 g/mol. The van der Waals surface area contributed by atoms with Crippen LogP contribution in [0, 0.1) is 0 Å². The Balaban J connectivity index is 2.66. The van der Waals surface area contributed by atoms with Crippen LogP contribution in [0.5, 0.6) is 11.5 Å². The highest BCUT2D eigenvalue weighted by Crippen LogP contribution is 2.28. The fourth-order valence-corrected chi connectivity index (χ4v) is 3.12. The maximum atomic E-state index is 11.6. The number of rotatable bonds is 8. The molecule has 0 bridgehead atoms. The van der Waals surface area contributed by atoms with Crippen LogP contribution in [0.4, 0.5) is 0 Å². The first-order valence-electron chi connectivity index (χ1n) is 6.08. The Bertz CT molecular complexity index is 499. The van der Waals surface area contributed by atoms with E-state index in [9.17, 15) is 8.42 Å². The third-order valence-electron chi connectivity index (χ3n) is 2.55. The average molecular weight is 351 g/mol. The first-order chi connectivity index (χ1) is 9.02. The first kappa shape index (κ1) is 16.3. The number of methoxy groups -OCH3 is 1. The van der Waals surface area contributed by atoms with Crippen LogP contribution < -0.4 is 9.47 Å². The van der Waals surface area contributed by atoms with Gasteiger partial charge in [-0.15, -0.1) is 0 Å². The average Bonchev–Trinajstić information content (AvgIpc) is 2.38. The molecule has 1 aromatic rings. The van der Waals surface area contributed by atoms with E-state index in [1.165, 1.54) is 0 Å². The third kappa shape index (κ3) is 5.40. The Morgan fingerprint density at radius 3 is 2.53 bits per heavy atom. The first-order valence-corrected chi connectivity index (χ1v) is 9.02. The molecule has 0 aliphatic carbocycles. The van der Waals surface area contributed by atoms with Crippen molar-refractivity contribution in [2.24, 2.45) is 0 Å². The monoisotopic (exact) mass is 350 g/mol. The molecule has 0 aromatic heterocycles. The lowest BCUT2D eigenvalue weighted by Crippen LogP contribution is -2.17. The maximum Gasteiger partial charge on any atom is 0.161 e. The molecule has 0 amide bonds. The van der Waals surface area contributed by atoms with Crippen LogP contribution in [0.2, 0.25) is 0 Å². The lowest BCUT2D eigenvalue weighted by atomic mass is 10.2. The number of ether oxygens (including phenoxy) is 2.